The highest BCUT2D eigenvalue weighted by Gasteiger charge is 1.88. The molecule has 1 unspecified atom stereocenters. The Kier molecular flexibility index (Phi) is 4.68. The fraction of sp³-hybridized carbons (Fsp3) is 0.600. The van der Waals surface area contributed by atoms with Crippen molar-refractivity contribution >= 4 is 23.2 Å². The Morgan fingerprint density at radius 1 is 1.71 bits per heavy atom. The van der Waals surface area contributed by atoms with Crippen LogP contribution in [0.1, 0.15) is 6.92 Å². The molecule has 0 fully saturated rings. The molecule has 0 aromatic rings. The molecular formula is C5H8Cl2. The van der Waals surface area contributed by atoms with E-state index in [0.717, 1.165) is 0 Å². The van der Waals surface area contributed by atoms with Crippen molar-refractivity contribution in [3.63, 3.8) is 0 Å². The smallest absolute Gasteiger partial charge is 0.0284 e. The van der Waals surface area contributed by atoms with Crippen molar-refractivity contribution in [3.05, 3.63) is 11.6 Å². The van der Waals surface area contributed by atoms with Crippen LogP contribution in [0.2, 0.25) is 0 Å². The Balaban J connectivity index is 3.16. The highest BCUT2D eigenvalue weighted by atomic mass is 35.5. The summed E-state index contributed by atoms with van der Waals surface area (Å²) in [6, 6.07) is 0. The molecule has 0 nitrogen and oxygen atoms in total. The minimum absolute atomic E-state index is 0.402. The highest BCUT2D eigenvalue weighted by Crippen LogP contribution is 1.99. The van der Waals surface area contributed by atoms with Gasteiger partial charge >= 0.3 is 0 Å². The van der Waals surface area contributed by atoms with Gasteiger partial charge in [-0.3, -0.25) is 0 Å². The molecule has 0 aliphatic carbocycles. The molecule has 0 spiro atoms. The van der Waals surface area contributed by atoms with Crippen LogP contribution in [0.25, 0.3) is 0 Å². The fourth-order valence-corrected chi connectivity index (χ4v) is 0.527. The van der Waals surface area contributed by atoms with Gasteiger partial charge in [0.25, 0.3) is 0 Å². The largest absolute Gasteiger partial charge is 0.126 e. The molecule has 0 radical (unpaired) electrons. The van der Waals surface area contributed by atoms with E-state index in [1.807, 2.05) is 13.0 Å². The van der Waals surface area contributed by atoms with Gasteiger partial charge in [-0.2, -0.15) is 0 Å². The summed E-state index contributed by atoms with van der Waals surface area (Å²) < 4.78 is 0. The molecule has 2 heteroatoms. The lowest BCUT2D eigenvalue weighted by atomic mass is 10.2. The SMILES string of the molecule is CC(C=CCl)CCl. The van der Waals surface area contributed by atoms with Gasteiger partial charge in [-0.15, -0.1) is 11.6 Å². The average Bonchev–Trinajstić information content (AvgIpc) is 1.68. The molecule has 0 heterocycles. The minimum Gasteiger partial charge on any atom is -0.126 e. The molecule has 0 rings (SSSR count). The molecule has 0 amide bonds. The Bertz CT molecular complexity index is 59.1. The first-order valence-corrected chi connectivity index (χ1v) is 3.11. The van der Waals surface area contributed by atoms with Crippen molar-refractivity contribution in [3.8, 4) is 0 Å². The van der Waals surface area contributed by atoms with E-state index in [9.17, 15) is 0 Å². The van der Waals surface area contributed by atoms with Gasteiger partial charge in [-0.1, -0.05) is 24.6 Å². The molecule has 0 aromatic heterocycles. The first-order valence-electron chi connectivity index (χ1n) is 2.14. The molecule has 0 aliphatic rings. The van der Waals surface area contributed by atoms with E-state index in [4.69, 9.17) is 23.2 Å². The first kappa shape index (κ1) is 7.32. The average molecular weight is 139 g/mol. The van der Waals surface area contributed by atoms with Gasteiger partial charge in [0.15, 0.2) is 0 Å². The summed E-state index contributed by atoms with van der Waals surface area (Å²) >= 11 is 10.7. The number of halogens is 2. The number of hydrogen-bond acceptors (Lipinski definition) is 0. The van der Waals surface area contributed by atoms with Gasteiger partial charge in [0, 0.05) is 11.4 Å². The number of hydrogen-bond donors (Lipinski definition) is 0. The molecule has 42 valence electrons. The molecule has 0 N–H and O–H groups in total. The molecule has 0 aliphatic heterocycles. The fourth-order valence-electron chi connectivity index (χ4n) is 0.176. The zero-order valence-electron chi connectivity index (χ0n) is 4.20. The summed E-state index contributed by atoms with van der Waals surface area (Å²) in [6.45, 7) is 2.01. The number of rotatable bonds is 2. The Hall–Kier alpha value is 0.320. The third kappa shape index (κ3) is 4.17. The molecule has 7 heavy (non-hydrogen) atoms. The lowest BCUT2D eigenvalue weighted by molar-refractivity contribution is 0.843. The summed E-state index contributed by atoms with van der Waals surface area (Å²) in [5.41, 5.74) is 1.49. The van der Waals surface area contributed by atoms with Crippen molar-refractivity contribution in [1.82, 2.24) is 0 Å². The van der Waals surface area contributed by atoms with E-state index in [0.29, 0.717) is 11.8 Å². The van der Waals surface area contributed by atoms with Crippen molar-refractivity contribution in [2.45, 2.75) is 6.92 Å². The molecular weight excluding hydrogens is 131 g/mol. The predicted molar refractivity (Wildman–Crippen MR) is 34.9 cm³/mol. The van der Waals surface area contributed by atoms with E-state index in [-0.39, 0.29) is 0 Å². The standard InChI is InChI=1S/C5H8Cl2/c1-5(4-7)2-3-6/h2-3,5H,4H2,1H3. The first-order chi connectivity index (χ1) is 3.31. The summed E-state index contributed by atoms with van der Waals surface area (Å²) in [5.74, 6) is 1.04. The van der Waals surface area contributed by atoms with Crippen molar-refractivity contribution in [2.24, 2.45) is 5.92 Å². The van der Waals surface area contributed by atoms with Gasteiger partial charge in [0.1, 0.15) is 0 Å². The van der Waals surface area contributed by atoms with Crippen LogP contribution in [0.15, 0.2) is 11.6 Å². The maximum absolute atomic E-state index is 5.42. The lowest BCUT2D eigenvalue weighted by Gasteiger charge is -1.93. The van der Waals surface area contributed by atoms with Crippen LogP contribution in [0.5, 0.6) is 0 Å². The summed E-state index contributed by atoms with van der Waals surface area (Å²) in [7, 11) is 0. The number of alkyl halides is 1. The summed E-state index contributed by atoms with van der Waals surface area (Å²) in [4.78, 5) is 0. The summed E-state index contributed by atoms with van der Waals surface area (Å²) in [6.07, 6.45) is 1.86. The maximum Gasteiger partial charge on any atom is 0.0284 e. The van der Waals surface area contributed by atoms with Gasteiger partial charge in [-0.05, 0) is 5.92 Å². The number of allylic oxidation sites excluding steroid dienone is 1. The van der Waals surface area contributed by atoms with Crippen molar-refractivity contribution < 1.29 is 0 Å². The van der Waals surface area contributed by atoms with E-state index in [2.05, 4.69) is 0 Å². The quantitative estimate of drug-likeness (QED) is 0.516. The Morgan fingerprint density at radius 2 is 2.29 bits per heavy atom. The van der Waals surface area contributed by atoms with Gasteiger partial charge in [0.2, 0.25) is 0 Å². The lowest BCUT2D eigenvalue weighted by Crippen LogP contribution is -1.87. The molecule has 1 atom stereocenters. The third-order valence-electron chi connectivity index (χ3n) is 0.645. The highest BCUT2D eigenvalue weighted by molar-refractivity contribution is 6.25. The van der Waals surface area contributed by atoms with Crippen LogP contribution < -0.4 is 0 Å². The predicted octanol–water partition coefficient (Wildman–Crippen LogP) is 2.61. The van der Waals surface area contributed by atoms with Crippen molar-refractivity contribution in [2.75, 3.05) is 5.88 Å². The van der Waals surface area contributed by atoms with E-state index in [1.54, 1.807) is 0 Å². The monoisotopic (exact) mass is 138 g/mol. The molecule has 0 aromatic carbocycles. The normalized spacial score (nSPS) is 15.3. The van der Waals surface area contributed by atoms with Crippen LogP contribution in [-0.2, 0) is 0 Å². The van der Waals surface area contributed by atoms with Gasteiger partial charge < -0.3 is 0 Å². The molecule has 0 saturated carbocycles. The van der Waals surface area contributed by atoms with Gasteiger partial charge in [-0.25, -0.2) is 0 Å². The second kappa shape index (κ2) is 4.48. The second-order valence-corrected chi connectivity index (χ2v) is 2.01. The Morgan fingerprint density at radius 3 is 2.43 bits per heavy atom. The molecule has 0 saturated heterocycles. The second-order valence-electron chi connectivity index (χ2n) is 1.45. The zero-order valence-corrected chi connectivity index (χ0v) is 5.71. The topological polar surface area (TPSA) is 0 Å². The van der Waals surface area contributed by atoms with E-state index in [1.165, 1.54) is 5.54 Å². The van der Waals surface area contributed by atoms with Crippen LogP contribution in [0.4, 0.5) is 0 Å². The third-order valence-corrected chi connectivity index (χ3v) is 1.28. The van der Waals surface area contributed by atoms with Crippen LogP contribution in [0.3, 0.4) is 0 Å². The maximum atomic E-state index is 5.42. The van der Waals surface area contributed by atoms with Crippen molar-refractivity contribution in [1.29, 1.82) is 0 Å². The van der Waals surface area contributed by atoms with Crippen LogP contribution >= 0.6 is 23.2 Å². The van der Waals surface area contributed by atoms with Gasteiger partial charge in [0.05, 0.1) is 0 Å². The zero-order chi connectivity index (χ0) is 5.70. The summed E-state index contributed by atoms with van der Waals surface area (Å²) in [5, 5.41) is 0. The van der Waals surface area contributed by atoms with Crippen LogP contribution in [0, 0.1) is 5.92 Å². The minimum atomic E-state index is 0.402. The Labute approximate surface area is 54.1 Å². The van der Waals surface area contributed by atoms with Crippen LogP contribution in [-0.4, -0.2) is 5.88 Å². The van der Waals surface area contributed by atoms with E-state index >= 15 is 0 Å². The molecule has 0 bridgehead atoms. The van der Waals surface area contributed by atoms with E-state index < -0.39 is 0 Å².